The van der Waals surface area contributed by atoms with Crippen LogP contribution in [-0.4, -0.2) is 58.5 Å². The smallest absolute Gasteiger partial charge is 0.253 e. The molecule has 3 heterocycles. The minimum Gasteiger partial charge on any atom is -0.363 e. The summed E-state index contributed by atoms with van der Waals surface area (Å²) in [5, 5.41) is 0. The summed E-state index contributed by atoms with van der Waals surface area (Å²) in [5.74, 6) is 0.178. The number of rotatable bonds is 2. The van der Waals surface area contributed by atoms with Gasteiger partial charge in [-0.05, 0) is 32.1 Å². The van der Waals surface area contributed by atoms with Gasteiger partial charge >= 0.3 is 0 Å². The third-order valence-electron chi connectivity index (χ3n) is 6.18. The number of carbonyl (C=O) groups is 2. The predicted molar refractivity (Wildman–Crippen MR) is 100.0 cm³/mol. The molecule has 4 rings (SSSR count). The van der Waals surface area contributed by atoms with Crippen molar-refractivity contribution in [3.8, 4) is 0 Å². The average Bonchev–Trinajstić information content (AvgIpc) is 2.71. The number of likely N-dealkylation sites (tertiary alicyclic amines) is 1. The van der Waals surface area contributed by atoms with E-state index < -0.39 is 5.60 Å². The van der Waals surface area contributed by atoms with Crippen molar-refractivity contribution in [1.82, 2.24) is 14.9 Å². The van der Waals surface area contributed by atoms with E-state index in [1.807, 2.05) is 4.90 Å². The summed E-state index contributed by atoms with van der Waals surface area (Å²) < 4.78 is 5.99. The number of piperidine rings is 1. The van der Waals surface area contributed by atoms with Gasteiger partial charge < -0.3 is 14.5 Å². The summed E-state index contributed by atoms with van der Waals surface area (Å²) >= 11 is 0. The summed E-state index contributed by atoms with van der Waals surface area (Å²) in [5.41, 5.74) is 0.0226. The number of aromatic nitrogens is 2. The summed E-state index contributed by atoms with van der Waals surface area (Å²) in [6, 6.07) is 0. The zero-order chi connectivity index (χ0) is 18.9. The molecule has 0 bridgehead atoms. The van der Waals surface area contributed by atoms with Gasteiger partial charge in [-0.25, -0.2) is 9.97 Å². The highest BCUT2D eigenvalue weighted by molar-refractivity contribution is 5.94. The Bertz CT molecular complexity index is 743. The van der Waals surface area contributed by atoms with E-state index in [0.717, 1.165) is 32.1 Å². The van der Waals surface area contributed by atoms with Crippen LogP contribution in [-0.2, 0) is 14.3 Å². The van der Waals surface area contributed by atoms with Crippen LogP contribution in [0.25, 0.3) is 0 Å². The lowest BCUT2D eigenvalue weighted by atomic mass is 9.77. The lowest BCUT2D eigenvalue weighted by molar-refractivity contribution is -0.155. The van der Waals surface area contributed by atoms with Crippen molar-refractivity contribution in [2.75, 3.05) is 31.1 Å². The van der Waals surface area contributed by atoms with Crippen molar-refractivity contribution in [2.24, 2.45) is 5.41 Å². The first-order chi connectivity index (χ1) is 13.0. The topological polar surface area (TPSA) is 75.6 Å². The molecular formula is C20H26N4O3. The normalized spacial score (nSPS) is 27.8. The molecule has 0 aromatic carbocycles. The monoisotopic (exact) mass is 370 g/mol. The van der Waals surface area contributed by atoms with Crippen LogP contribution in [0.5, 0.6) is 0 Å². The average molecular weight is 370 g/mol. The molecule has 1 aliphatic carbocycles. The maximum atomic E-state index is 13.1. The maximum Gasteiger partial charge on any atom is 0.253 e. The third kappa shape index (κ3) is 3.48. The molecule has 2 aliphatic heterocycles. The van der Waals surface area contributed by atoms with Crippen molar-refractivity contribution >= 4 is 17.5 Å². The van der Waals surface area contributed by atoms with Gasteiger partial charge in [-0.2, -0.15) is 0 Å². The van der Waals surface area contributed by atoms with Gasteiger partial charge in [-0.3, -0.25) is 9.59 Å². The fourth-order valence-corrected chi connectivity index (χ4v) is 4.34. The van der Waals surface area contributed by atoms with E-state index >= 15 is 0 Å². The molecule has 3 aliphatic rings. The van der Waals surface area contributed by atoms with Crippen LogP contribution in [0.15, 0.2) is 30.9 Å². The second-order valence-electron chi connectivity index (χ2n) is 8.12. The van der Waals surface area contributed by atoms with Crippen LogP contribution < -0.4 is 4.90 Å². The van der Waals surface area contributed by atoms with Gasteiger partial charge in [0.25, 0.3) is 5.91 Å². The fourth-order valence-electron chi connectivity index (χ4n) is 4.34. The van der Waals surface area contributed by atoms with Gasteiger partial charge in [0.2, 0.25) is 5.91 Å². The summed E-state index contributed by atoms with van der Waals surface area (Å²) in [7, 11) is 0. The zero-order valence-corrected chi connectivity index (χ0v) is 15.8. The highest BCUT2D eigenvalue weighted by Crippen LogP contribution is 2.37. The Morgan fingerprint density at radius 2 is 1.89 bits per heavy atom. The van der Waals surface area contributed by atoms with E-state index in [1.165, 1.54) is 6.33 Å². The van der Waals surface area contributed by atoms with Crippen LogP contribution in [0.1, 0.15) is 39.0 Å². The van der Waals surface area contributed by atoms with Crippen molar-refractivity contribution in [1.29, 1.82) is 0 Å². The molecule has 27 heavy (non-hydrogen) atoms. The standard InChI is InChI=1S/C20H26N4O3/c1-19(5-3-2-4-6-19)18(26)23-9-7-20(8-10-23)14-24(17(25)13-27-20)16-11-21-15-22-12-16/h2-3,11-12,15H,4-10,13-14H2,1H3. The van der Waals surface area contributed by atoms with E-state index in [2.05, 4.69) is 29.0 Å². The Kier molecular flexibility index (Phi) is 4.72. The molecule has 1 aromatic rings. The molecule has 0 saturated carbocycles. The molecule has 144 valence electrons. The zero-order valence-electron chi connectivity index (χ0n) is 15.8. The first-order valence-corrected chi connectivity index (χ1v) is 9.65. The molecule has 2 saturated heterocycles. The van der Waals surface area contributed by atoms with Gasteiger partial charge in [-0.15, -0.1) is 0 Å². The Labute approximate surface area is 159 Å². The number of nitrogens with zero attached hydrogens (tertiary/aromatic N) is 4. The largest absolute Gasteiger partial charge is 0.363 e. The Morgan fingerprint density at radius 1 is 1.15 bits per heavy atom. The van der Waals surface area contributed by atoms with E-state index in [0.29, 0.717) is 25.3 Å². The van der Waals surface area contributed by atoms with E-state index in [-0.39, 0.29) is 23.8 Å². The van der Waals surface area contributed by atoms with Gasteiger partial charge in [0, 0.05) is 13.1 Å². The fraction of sp³-hybridized carbons (Fsp3) is 0.600. The van der Waals surface area contributed by atoms with Crippen LogP contribution in [0, 0.1) is 5.41 Å². The molecular weight excluding hydrogens is 344 g/mol. The van der Waals surface area contributed by atoms with Crippen molar-refractivity contribution in [3.05, 3.63) is 30.9 Å². The first kappa shape index (κ1) is 18.1. The highest BCUT2D eigenvalue weighted by atomic mass is 16.5. The Morgan fingerprint density at radius 3 is 2.56 bits per heavy atom. The Balaban J connectivity index is 1.43. The second kappa shape index (κ2) is 7.03. The quantitative estimate of drug-likeness (QED) is 0.744. The number of amides is 2. The SMILES string of the molecule is CC1(C(=O)N2CCC3(CC2)CN(c2cncnc2)C(=O)CO3)CC=CCC1. The number of ether oxygens (including phenoxy) is 1. The molecule has 1 aromatic heterocycles. The summed E-state index contributed by atoms with van der Waals surface area (Å²) in [6.07, 6.45) is 13.2. The third-order valence-corrected chi connectivity index (χ3v) is 6.18. The molecule has 7 heteroatoms. The van der Waals surface area contributed by atoms with Crippen molar-refractivity contribution in [3.63, 3.8) is 0 Å². The number of hydrogen-bond acceptors (Lipinski definition) is 5. The van der Waals surface area contributed by atoms with E-state index in [1.54, 1.807) is 17.3 Å². The molecule has 2 amide bonds. The predicted octanol–water partition coefficient (Wildman–Crippen LogP) is 1.95. The summed E-state index contributed by atoms with van der Waals surface area (Å²) in [4.78, 5) is 37.1. The number of anilines is 1. The molecule has 0 radical (unpaired) electrons. The van der Waals surface area contributed by atoms with Crippen LogP contribution in [0.4, 0.5) is 5.69 Å². The van der Waals surface area contributed by atoms with Gasteiger partial charge in [0.15, 0.2) is 0 Å². The second-order valence-corrected chi connectivity index (χ2v) is 8.12. The highest BCUT2D eigenvalue weighted by Gasteiger charge is 2.45. The van der Waals surface area contributed by atoms with E-state index in [9.17, 15) is 9.59 Å². The lowest BCUT2D eigenvalue weighted by Crippen LogP contribution is -2.60. The molecule has 1 spiro atoms. The van der Waals surface area contributed by atoms with Crippen LogP contribution in [0.3, 0.4) is 0 Å². The van der Waals surface area contributed by atoms with Gasteiger partial charge in [0.05, 0.1) is 35.6 Å². The maximum absolute atomic E-state index is 13.1. The first-order valence-electron chi connectivity index (χ1n) is 9.65. The van der Waals surface area contributed by atoms with Crippen LogP contribution >= 0.6 is 0 Å². The number of hydrogen-bond donors (Lipinski definition) is 0. The van der Waals surface area contributed by atoms with Crippen LogP contribution in [0.2, 0.25) is 0 Å². The minimum atomic E-state index is -0.395. The van der Waals surface area contributed by atoms with Crippen molar-refractivity contribution < 1.29 is 14.3 Å². The lowest BCUT2D eigenvalue weighted by Gasteiger charge is -2.48. The van der Waals surface area contributed by atoms with Gasteiger partial charge in [0.1, 0.15) is 12.9 Å². The molecule has 7 nitrogen and oxygen atoms in total. The molecule has 1 atom stereocenters. The number of morpholine rings is 1. The minimum absolute atomic E-state index is 0.0609. The van der Waals surface area contributed by atoms with E-state index in [4.69, 9.17) is 4.74 Å². The molecule has 0 N–H and O–H groups in total. The molecule has 1 unspecified atom stereocenters. The molecule has 2 fully saturated rings. The number of carbonyl (C=O) groups excluding carboxylic acids is 2. The summed E-state index contributed by atoms with van der Waals surface area (Å²) in [6.45, 7) is 3.97. The number of allylic oxidation sites excluding steroid dienone is 2. The van der Waals surface area contributed by atoms with Gasteiger partial charge in [-0.1, -0.05) is 19.1 Å². The Hall–Kier alpha value is -2.28. The van der Waals surface area contributed by atoms with Crippen molar-refractivity contribution in [2.45, 2.75) is 44.6 Å².